The van der Waals surface area contributed by atoms with Gasteiger partial charge in [-0.05, 0) is 29.9 Å². The Labute approximate surface area is 105 Å². The first-order valence-electron chi connectivity index (χ1n) is 5.81. The molecule has 2 heterocycles. The summed E-state index contributed by atoms with van der Waals surface area (Å²) < 4.78 is 3.16. The maximum Gasteiger partial charge on any atom is 0.177 e. The van der Waals surface area contributed by atoms with E-state index in [9.17, 15) is 0 Å². The largest absolute Gasteiger partial charge is 0.322 e. The maximum atomic E-state index is 4.31. The molecule has 0 bridgehead atoms. The lowest BCUT2D eigenvalue weighted by Crippen LogP contribution is -2.44. The van der Waals surface area contributed by atoms with Crippen molar-refractivity contribution in [1.29, 1.82) is 0 Å². The Morgan fingerprint density at radius 3 is 2.62 bits per heavy atom. The van der Waals surface area contributed by atoms with E-state index in [2.05, 4.69) is 49.3 Å². The van der Waals surface area contributed by atoms with Gasteiger partial charge in [-0.15, -0.1) is 0 Å². The molecule has 90 valence electrons. The van der Waals surface area contributed by atoms with Gasteiger partial charge >= 0.3 is 0 Å². The van der Waals surface area contributed by atoms with Crippen molar-refractivity contribution in [3.8, 4) is 0 Å². The summed E-state index contributed by atoms with van der Waals surface area (Å²) in [7, 11) is 2.18. The van der Waals surface area contributed by atoms with Gasteiger partial charge in [0.1, 0.15) is 0 Å². The van der Waals surface area contributed by atoms with Gasteiger partial charge in [0.25, 0.3) is 0 Å². The topological polar surface area (TPSA) is 24.3 Å². The molecule has 1 aliphatic heterocycles. The molecule has 0 spiro atoms. The van der Waals surface area contributed by atoms with Crippen molar-refractivity contribution in [3.63, 3.8) is 0 Å². The van der Waals surface area contributed by atoms with Gasteiger partial charge in [0.05, 0.1) is 11.9 Å². The molecule has 0 aliphatic carbocycles. The minimum atomic E-state index is 0.944. The fraction of sp³-hybridized carbons (Fsp3) is 0.727. The quantitative estimate of drug-likeness (QED) is 0.840. The van der Waals surface area contributed by atoms with E-state index in [1.807, 2.05) is 6.20 Å². The van der Waals surface area contributed by atoms with Crippen LogP contribution in [0.25, 0.3) is 0 Å². The molecule has 1 aromatic rings. The van der Waals surface area contributed by atoms with E-state index in [4.69, 9.17) is 0 Å². The van der Waals surface area contributed by atoms with Crippen LogP contribution in [0.15, 0.2) is 10.9 Å². The van der Waals surface area contributed by atoms with Crippen LogP contribution < -0.4 is 0 Å². The number of rotatable bonds is 3. The van der Waals surface area contributed by atoms with Gasteiger partial charge in [0.15, 0.2) is 4.73 Å². The molecular weight excluding hydrogens is 268 g/mol. The first kappa shape index (κ1) is 12.1. The third kappa shape index (κ3) is 2.64. The van der Waals surface area contributed by atoms with Crippen molar-refractivity contribution < 1.29 is 0 Å². The standard InChI is InChI=1S/C11H19BrN4/c1-3-16-10(8-13-11(16)12)9-15-6-4-14(2)5-7-15/h8H,3-7,9H2,1-2H3. The predicted octanol–water partition coefficient (Wildman–Crippen LogP) is 1.41. The number of hydrogen-bond donors (Lipinski definition) is 0. The van der Waals surface area contributed by atoms with Crippen LogP contribution in [-0.4, -0.2) is 52.6 Å². The molecule has 4 nitrogen and oxygen atoms in total. The first-order valence-corrected chi connectivity index (χ1v) is 6.60. The van der Waals surface area contributed by atoms with Crippen LogP contribution in [0.3, 0.4) is 0 Å². The van der Waals surface area contributed by atoms with E-state index >= 15 is 0 Å². The molecule has 2 rings (SSSR count). The zero-order valence-electron chi connectivity index (χ0n) is 9.99. The van der Waals surface area contributed by atoms with Crippen LogP contribution in [0.4, 0.5) is 0 Å². The second-order valence-corrected chi connectivity index (χ2v) is 5.05. The van der Waals surface area contributed by atoms with Crippen molar-refractivity contribution in [2.45, 2.75) is 20.0 Å². The van der Waals surface area contributed by atoms with Crippen LogP contribution in [0, 0.1) is 0 Å². The summed E-state index contributed by atoms with van der Waals surface area (Å²) in [5.74, 6) is 0. The smallest absolute Gasteiger partial charge is 0.177 e. The van der Waals surface area contributed by atoms with E-state index in [-0.39, 0.29) is 0 Å². The summed E-state index contributed by atoms with van der Waals surface area (Å²) in [5.41, 5.74) is 1.30. The molecule has 0 unspecified atom stereocenters. The second kappa shape index (κ2) is 5.29. The first-order chi connectivity index (χ1) is 7.70. The number of piperazine rings is 1. The molecule has 0 aromatic carbocycles. The zero-order valence-corrected chi connectivity index (χ0v) is 11.6. The van der Waals surface area contributed by atoms with E-state index < -0.39 is 0 Å². The van der Waals surface area contributed by atoms with Gasteiger partial charge in [-0.25, -0.2) is 4.98 Å². The monoisotopic (exact) mass is 286 g/mol. The van der Waals surface area contributed by atoms with Gasteiger partial charge in [-0.1, -0.05) is 0 Å². The number of likely N-dealkylation sites (N-methyl/N-ethyl adjacent to an activating group) is 1. The van der Waals surface area contributed by atoms with E-state index in [1.54, 1.807) is 0 Å². The summed E-state index contributed by atoms with van der Waals surface area (Å²) in [5, 5.41) is 0. The average Bonchev–Trinajstić information content (AvgIpc) is 2.63. The maximum absolute atomic E-state index is 4.31. The number of halogens is 1. The predicted molar refractivity (Wildman–Crippen MR) is 68.4 cm³/mol. The number of hydrogen-bond acceptors (Lipinski definition) is 3. The summed E-state index contributed by atoms with van der Waals surface area (Å²) in [6.07, 6.45) is 1.98. The Kier molecular flexibility index (Phi) is 4.00. The minimum Gasteiger partial charge on any atom is -0.322 e. The van der Waals surface area contributed by atoms with Crippen molar-refractivity contribution >= 4 is 15.9 Å². The lowest BCUT2D eigenvalue weighted by molar-refractivity contribution is 0.145. The van der Waals surface area contributed by atoms with Gasteiger partial charge in [0.2, 0.25) is 0 Å². The Balaban J connectivity index is 1.98. The van der Waals surface area contributed by atoms with Gasteiger partial charge in [0, 0.05) is 39.3 Å². The van der Waals surface area contributed by atoms with Crippen LogP contribution in [0.1, 0.15) is 12.6 Å². The third-order valence-electron chi connectivity index (χ3n) is 3.19. The lowest BCUT2D eigenvalue weighted by Gasteiger charge is -2.32. The highest BCUT2D eigenvalue weighted by Gasteiger charge is 2.16. The average molecular weight is 287 g/mol. The lowest BCUT2D eigenvalue weighted by atomic mass is 10.3. The zero-order chi connectivity index (χ0) is 11.5. The molecule has 16 heavy (non-hydrogen) atoms. The minimum absolute atomic E-state index is 0.944. The van der Waals surface area contributed by atoms with Crippen LogP contribution in [-0.2, 0) is 13.1 Å². The number of nitrogens with zero attached hydrogens (tertiary/aromatic N) is 4. The van der Waals surface area contributed by atoms with Gasteiger partial charge < -0.3 is 9.47 Å². The van der Waals surface area contributed by atoms with Gasteiger partial charge in [-0.2, -0.15) is 0 Å². The van der Waals surface area contributed by atoms with Crippen LogP contribution >= 0.6 is 15.9 Å². The molecule has 1 saturated heterocycles. The Morgan fingerprint density at radius 2 is 2.00 bits per heavy atom. The van der Waals surface area contributed by atoms with Crippen LogP contribution in [0.2, 0.25) is 0 Å². The highest BCUT2D eigenvalue weighted by Crippen LogP contribution is 2.14. The van der Waals surface area contributed by atoms with E-state index in [0.717, 1.165) is 30.9 Å². The molecule has 1 aromatic heterocycles. The van der Waals surface area contributed by atoms with E-state index in [1.165, 1.54) is 18.8 Å². The Hall–Kier alpha value is -0.390. The van der Waals surface area contributed by atoms with Crippen LogP contribution in [0.5, 0.6) is 0 Å². The highest BCUT2D eigenvalue weighted by molar-refractivity contribution is 9.10. The summed E-state index contributed by atoms with van der Waals surface area (Å²) in [6, 6.07) is 0. The molecule has 5 heteroatoms. The molecule has 1 aliphatic rings. The van der Waals surface area contributed by atoms with Crippen molar-refractivity contribution in [2.75, 3.05) is 33.2 Å². The molecule has 0 N–H and O–H groups in total. The molecule has 1 fully saturated rings. The molecule has 0 saturated carbocycles. The van der Waals surface area contributed by atoms with E-state index in [0.29, 0.717) is 0 Å². The van der Waals surface area contributed by atoms with Crippen molar-refractivity contribution in [1.82, 2.24) is 19.4 Å². The van der Waals surface area contributed by atoms with Crippen molar-refractivity contribution in [2.24, 2.45) is 0 Å². The van der Waals surface area contributed by atoms with Crippen molar-refractivity contribution in [3.05, 3.63) is 16.6 Å². The molecule has 0 radical (unpaired) electrons. The molecule has 0 amide bonds. The van der Waals surface area contributed by atoms with Gasteiger partial charge in [-0.3, -0.25) is 4.90 Å². The Morgan fingerprint density at radius 1 is 1.31 bits per heavy atom. The SMILES string of the molecule is CCn1c(CN2CCN(C)CC2)cnc1Br. The third-order valence-corrected chi connectivity index (χ3v) is 3.82. The molecular formula is C11H19BrN4. The molecule has 0 atom stereocenters. The normalized spacial score (nSPS) is 19.2. The summed E-state index contributed by atoms with van der Waals surface area (Å²) >= 11 is 3.48. The number of aromatic nitrogens is 2. The highest BCUT2D eigenvalue weighted by atomic mass is 79.9. The summed E-state index contributed by atoms with van der Waals surface area (Å²) in [6.45, 7) is 8.79. The fourth-order valence-electron chi connectivity index (χ4n) is 2.08. The fourth-order valence-corrected chi connectivity index (χ4v) is 2.66. The Bertz CT molecular complexity index is 342. The summed E-state index contributed by atoms with van der Waals surface area (Å²) in [4.78, 5) is 9.18. The number of imidazole rings is 1. The second-order valence-electron chi connectivity index (χ2n) is 4.34.